The van der Waals surface area contributed by atoms with E-state index in [1.165, 1.54) is 0 Å². The number of aliphatic imine (C=N–C) groups is 1. The first-order chi connectivity index (χ1) is 15.5. The van der Waals surface area contributed by atoms with Crippen LogP contribution in [0.25, 0.3) is 0 Å². The summed E-state index contributed by atoms with van der Waals surface area (Å²) in [5.74, 6) is 0.0751. The molecule has 0 radical (unpaired) electrons. The Morgan fingerprint density at radius 2 is 1.94 bits per heavy atom. The lowest BCUT2D eigenvalue weighted by Gasteiger charge is -2.28. The summed E-state index contributed by atoms with van der Waals surface area (Å²) < 4.78 is 0. The lowest BCUT2D eigenvalue weighted by atomic mass is 9.92. The van der Waals surface area contributed by atoms with Crippen molar-refractivity contribution in [1.82, 2.24) is 5.32 Å². The number of hydrogen-bond acceptors (Lipinski definition) is 5. The third kappa shape index (κ3) is 4.93. The predicted molar refractivity (Wildman–Crippen MR) is 126 cm³/mol. The fourth-order valence-electron chi connectivity index (χ4n) is 4.28. The van der Waals surface area contributed by atoms with Crippen LogP contribution in [-0.4, -0.2) is 48.9 Å². The SMILES string of the molecule is CN1C(=O)C(NC(CCO)[C@H](C=O)CC2CC2)N=C(c2ccc(Cl)cc2)c2ccccc21. The molecule has 4 rings (SSSR count). The number of likely N-dealkylation sites (N-methyl/N-ethyl adjacent to an activating group) is 1. The van der Waals surface area contributed by atoms with Crippen molar-refractivity contribution in [3.05, 3.63) is 64.7 Å². The molecule has 2 aliphatic rings. The summed E-state index contributed by atoms with van der Waals surface area (Å²) in [6.45, 7) is -0.0720. The number of nitrogens with zero attached hydrogens (tertiary/aromatic N) is 2. The topological polar surface area (TPSA) is 82.0 Å². The number of carbonyl (C=O) groups excluding carboxylic acids is 2. The van der Waals surface area contributed by atoms with Crippen LogP contribution in [-0.2, 0) is 9.59 Å². The Hall–Kier alpha value is -2.54. The minimum atomic E-state index is -0.878. The van der Waals surface area contributed by atoms with Gasteiger partial charge < -0.3 is 14.8 Å². The van der Waals surface area contributed by atoms with Crippen molar-refractivity contribution in [3.63, 3.8) is 0 Å². The van der Waals surface area contributed by atoms with Gasteiger partial charge in [0.25, 0.3) is 5.91 Å². The van der Waals surface area contributed by atoms with Crippen LogP contribution in [0.4, 0.5) is 5.69 Å². The van der Waals surface area contributed by atoms with Crippen LogP contribution in [0, 0.1) is 11.8 Å². The van der Waals surface area contributed by atoms with Crippen LogP contribution in [0.3, 0.4) is 0 Å². The quantitative estimate of drug-likeness (QED) is 0.570. The zero-order chi connectivity index (χ0) is 22.7. The number of nitrogens with one attached hydrogen (secondary N) is 1. The molecule has 0 saturated heterocycles. The van der Waals surface area contributed by atoms with E-state index >= 15 is 0 Å². The number of para-hydroxylation sites is 1. The molecule has 6 nitrogen and oxygen atoms in total. The lowest BCUT2D eigenvalue weighted by molar-refractivity contribution is -0.121. The molecule has 1 amide bonds. The fourth-order valence-corrected chi connectivity index (χ4v) is 4.41. The number of hydrogen-bond donors (Lipinski definition) is 2. The Kier molecular flexibility index (Phi) is 7.04. The van der Waals surface area contributed by atoms with Gasteiger partial charge in [-0.1, -0.05) is 54.8 Å². The Balaban J connectivity index is 1.73. The van der Waals surface area contributed by atoms with Gasteiger partial charge in [-0.15, -0.1) is 0 Å². The summed E-state index contributed by atoms with van der Waals surface area (Å²) in [5, 5.41) is 13.6. The van der Waals surface area contributed by atoms with Crippen molar-refractivity contribution in [2.45, 2.75) is 37.9 Å². The van der Waals surface area contributed by atoms with Gasteiger partial charge in [0.15, 0.2) is 6.17 Å². The first-order valence-electron chi connectivity index (χ1n) is 11.0. The number of rotatable bonds is 9. The number of benzene rings is 2. The molecule has 1 saturated carbocycles. The molecule has 2 aromatic rings. The van der Waals surface area contributed by atoms with Gasteiger partial charge in [-0.25, -0.2) is 0 Å². The van der Waals surface area contributed by atoms with Gasteiger partial charge in [0.1, 0.15) is 6.29 Å². The average Bonchev–Trinajstić information content (AvgIpc) is 3.64. The molecular weight excluding hydrogens is 426 g/mol. The number of benzodiazepines with no additional fused rings is 1. The summed E-state index contributed by atoms with van der Waals surface area (Å²) >= 11 is 6.09. The van der Waals surface area contributed by atoms with Crippen molar-refractivity contribution in [2.24, 2.45) is 16.8 Å². The van der Waals surface area contributed by atoms with Gasteiger partial charge in [-0.05, 0) is 37.0 Å². The number of halogens is 1. The zero-order valence-electron chi connectivity index (χ0n) is 18.1. The molecule has 168 valence electrons. The van der Waals surface area contributed by atoms with Gasteiger partial charge in [0, 0.05) is 41.8 Å². The molecule has 1 aliphatic carbocycles. The van der Waals surface area contributed by atoms with Gasteiger partial charge in [-0.3, -0.25) is 15.1 Å². The molecule has 0 aromatic heterocycles. The second-order valence-electron chi connectivity index (χ2n) is 8.57. The minimum Gasteiger partial charge on any atom is -0.396 e. The smallest absolute Gasteiger partial charge is 0.266 e. The Bertz CT molecular complexity index is 1000. The average molecular weight is 454 g/mol. The number of fused-ring (bicyclic) bond motifs is 1. The van der Waals surface area contributed by atoms with E-state index in [1.807, 2.05) is 36.4 Å². The molecule has 1 aliphatic heterocycles. The molecule has 2 aromatic carbocycles. The summed E-state index contributed by atoms with van der Waals surface area (Å²) in [6, 6.07) is 14.7. The fraction of sp³-hybridized carbons (Fsp3) is 0.400. The maximum atomic E-state index is 13.4. The number of aldehydes is 1. The monoisotopic (exact) mass is 453 g/mol. The van der Waals surface area contributed by atoms with Gasteiger partial charge in [0.05, 0.1) is 11.4 Å². The molecule has 1 fully saturated rings. The molecule has 2 unspecified atom stereocenters. The van der Waals surface area contributed by atoms with Gasteiger partial charge in [-0.2, -0.15) is 0 Å². The Morgan fingerprint density at radius 1 is 1.22 bits per heavy atom. The van der Waals surface area contributed by atoms with E-state index in [1.54, 1.807) is 24.1 Å². The zero-order valence-corrected chi connectivity index (χ0v) is 18.8. The standard InChI is InChI=1S/C25H28ClN3O3/c1-29-22-5-3-2-4-20(22)23(17-8-10-19(26)11-9-17)28-24(25(29)32)27-21(12-13-30)18(15-31)14-16-6-7-16/h2-5,8-11,15-16,18,21,24,27,30H,6-7,12-14H2,1H3/t18-,21?,24?/m0/s1. The lowest BCUT2D eigenvalue weighted by Crippen LogP contribution is -2.50. The summed E-state index contributed by atoms with van der Waals surface area (Å²) in [5.41, 5.74) is 3.14. The summed E-state index contributed by atoms with van der Waals surface area (Å²) in [4.78, 5) is 31.7. The molecule has 0 spiro atoms. The van der Waals surface area contributed by atoms with Crippen molar-refractivity contribution in [2.75, 3.05) is 18.6 Å². The molecule has 7 heteroatoms. The van der Waals surface area contributed by atoms with Crippen LogP contribution < -0.4 is 10.2 Å². The minimum absolute atomic E-state index is 0.0720. The Morgan fingerprint density at radius 3 is 2.59 bits per heavy atom. The highest BCUT2D eigenvalue weighted by Gasteiger charge is 2.35. The maximum Gasteiger partial charge on any atom is 0.266 e. The summed E-state index contributed by atoms with van der Waals surface area (Å²) in [6.07, 6.45) is 3.49. The second-order valence-corrected chi connectivity index (χ2v) is 9.00. The van der Waals surface area contributed by atoms with E-state index in [4.69, 9.17) is 16.6 Å². The molecule has 32 heavy (non-hydrogen) atoms. The third-order valence-corrected chi connectivity index (χ3v) is 6.52. The molecular formula is C25H28ClN3O3. The maximum absolute atomic E-state index is 13.4. The van der Waals surface area contributed by atoms with Crippen LogP contribution in [0.5, 0.6) is 0 Å². The van der Waals surface area contributed by atoms with Gasteiger partial charge >= 0.3 is 0 Å². The molecule has 3 atom stereocenters. The van der Waals surface area contributed by atoms with Crippen LogP contribution in [0.15, 0.2) is 53.5 Å². The van der Waals surface area contributed by atoms with E-state index < -0.39 is 6.17 Å². The number of aliphatic hydroxyl groups is 1. The van der Waals surface area contributed by atoms with E-state index in [0.717, 1.165) is 42.4 Å². The first-order valence-corrected chi connectivity index (χ1v) is 11.4. The molecule has 2 N–H and O–H groups in total. The highest BCUT2D eigenvalue weighted by atomic mass is 35.5. The number of aliphatic hydroxyl groups excluding tert-OH is 1. The van der Waals surface area contributed by atoms with Gasteiger partial charge in [0.2, 0.25) is 0 Å². The normalized spacial score (nSPS) is 20.2. The third-order valence-electron chi connectivity index (χ3n) is 6.27. The second kappa shape index (κ2) is 9.94. The number of anilines is 1. The summed E-state index contributed by atoms with van der Waals surface area (Å²) in [7, 11) is 1.73. The largest absolute Gasteiger partial charge is 0.396 e. The highest BCUT2D eigenvalue weighted by Crippen LogP contribution is 2.36. The van der Waals surface area contributed by atoms with E-state index in [0.29, 0.717) is 23.1 Å². The van der Waals surface area contributed by atoms with Crippen LogP contribution in [0.1, 0.15) is 36.8 Å². The van der Waals surface area contributed by atoms with Crippen LogP contribution >= 0.6 is 11.6 Å². The predicted octanol–water partition coefficient (Wildman–Crippen LogP) is 3.44. The highest BCUT2D eigenvalue weighted by molar-refractivity contribution is 6.30. The molecule has 0 bridgehead atoms. The first kappa shape index (κ1) is 22.6. The van der Waals surface area contributed by atoms with Crippen molar-refractivity contribution in [1.29, 1.82) is 0 Å². The van der Waals surface area contributed by atoms with Crippen LogP contribution in [0.2, 0.25) is 5.02 Å². The number of amides is 1. The van der Waals surface area contributed by atoms with E-state index in [-0.39, 0.29) is 24.5 Å². The Labute approximate surface area is 193 Å². The van der Waals surface area contributed by atoms with Crippen molar-refractivity contribution < 1.29 is 14.7 Å². The van der Waals surface area contributed by atoms with E-state index in [9.17, 15) is 14.7 Å². The van der Waals surface area contributed by atoms with Crippen molar-refractivity contribution in [3.8, 4) is 0 Å². The van der Waals surface area contributed by atoms with Crippen molar-refractivity contribution >= 4 is 35.2 Å². The van der Waals surface area contributed by atoms with E-state index in [2.05, 4.69) is 5.32 Å². The molecule has 1 heterocycles. The number of carbonyl (C=O) groups is 2.